The van der Waals surface area contributed by atoms with E-state index in [4.69, 9.17) is 12.2 Å². The number of aromatic amines is 1. The molecule has 1 N–H and O–H groups in total. The standard InChI is InChI=1S/C15H21BrN2S/c1-2-3-4-5-6-7-10-18-14-9-8-12(16)11-13(14)17-15(18)19/h8-9,11H,2-7,10H2,1H3,(H,17,19). The van der Waals surface area contributed by atoms with E-state index in [1.54, 1.807) is 0 Å². The summed E-state index contributed by atoms with van der Waals surface area (Å²) in [5, 5.41) is 0. The summed E-state index contributed by atoms with van der Waals surface area (Å²) in [6, 6.07) is 6.29. The van der Waals surface area contributed by atoms with E-state index in [0.717, 1.165) is 21.3 Å². The highest BCUT2D eigenvalue weighted by atomic mass is 79.9. The van der Waals surface area contributed by atoms with Crippen LogP contribution in [0.5, 0.6) is 0 Å². The summed E-state index contributed by atoms with van der Waals surface area (Å²) < 4.78 is 4.14. The second-order valence-corrected chi connectivity index (χ2v) is 6.31. The predicted molar refractivity (Wildman–Crippen MR) is 88.2 cm³/mol. The Labute approximate surface area is 128 Å². The largest absolute Gasteiger partial charge is 0.331 e. The molecule has 1 heterocycles. The third-order valence-corrected chi connectivity index (χ3v) is 4.29. The first-order valence-corrected chi connectivity index (χ1v) is 8.30. The van der Waals surface area contributed by atoms with Gasteiger partial charge in [-0.25, -0.2) is 0 Å². The Morgan fingerprint density at radius 1 is 1.16 bits per heavy atom. The number of nitrogens with one attached hydrogen (secondary N) is 1. The van der Waals surface area contributed by atoms with E-state index >= 15 is 0 Å². The van der Waals surface area contributed by atoms with E-state index < -0.39 is 0 Å². The van der Waals surface area contributed by atoms with Gasteiger partial charge in [0.05, 0.1) is 11.0 Å². The van der Waals surface area contributed by atoms with Crippen LogP contribution in [-0.4, -0.2) is 9.55 Å². The quantitative estimate of drug-likeness (QED) is 0.497. The Kier molecular flexibility index (Phi) is 5.64. The summed E-state index contributed by atoms with van der Waals surface area (Å²) in [5.74, 6) is 0. The van der Waals surface area contributed by atoms with Gasteiger partial charge >= 0.3 is 0 Å². The highest BCUT2D eigenvalue weighted by Gasteiger charge is 2.04. The molecule has 19 heavy (non-hydrogen) atoms. The van der Waals surface area contributed by atoms with Gasteiger partial charge in [-0.3, -0.25) is 0 Å². The van der Waals surface area contributed by atoms with Gasteiger partial charge in [0.25, 0.3) is 0 Å². The number of nitrogens with zero attached hydrogens (tertiary/aromatic N) is 1. The van der Waals surface area contributed by atoms with Crippen LogP contribution >= 0.6 is 28.1 Å². The maximum absolute atomic E-state index is 5.41. The minimum absolute atomic E-state index is 0.835. The lowest BCUT2D eigenvalue weighted by Gasteiger charge is -2.04. The van der Waals surface area contributed by atoms with E-state index in [0.29, 0.717) is 0 Å². The summed E-state index contributed by atoms with van der Waals surface area (Å²) >= 11 is 8.90. The molecule has 0 radical (unpaired) electrons. The van der Waals surface area contributed by atoms with Crippen molar-refractivity contribution in [3.05, 3.63) is 27.4 Å². The Hall–Kier alpha value is -0.610. The number of hydrogen-bond acceptors (Lipinski definition) is 1. The number of fused-ring (bicyclic) bond motifs is 1. The number of halogens is 1. The average Bonchev–Trinajstić information content (AvgIpc) is 2.69. The molecule has 2 nitrogen and oxygen atoms in total. The van der Waals surface area contributed by atoms with Gasteiger partial charge in [-0.2, -0.15) is 0 Å². The van der Waals surface area contributed by atoms with Gasteiger partial charge in [0.15, 0.2) is 4.77 Å². The zero-order valence-electron chi connectivity index (χ0n) is 11.4. The SMILES string of the molecule is CCCCCCCCn1c(=S)[nH]c2cc(Br)ccc21. The first kappa shape index (κ1) is 14.8. The zero-order valence-corrected chi connectivity index (χ0v) is 13.8. The molecule has 0 saturated carbocycles. The molecule has 0 amide bonds. The van der Waals surface area contributed by atoms with Crippen LogP contribution in [0.3, 0.4) is 0 Å². The Balaban J connectivity index is 1.97. The van der Waals surface area contributed by atoms with Crippen molar-refractivity contribution in [3.63, 3.8) is 0 Å². The van der Waals surface area contributed by atoms with Crippen molar-refractivity contribution in [2.75, 3.05) is 0 Å². The van der Waals surface area contributed by atoms with Gasteiger partial charge < -0.3 is 9.55 Å². The number of imidazole rings is 1. The Morgan fingerprint density at radius 3 is 2.68 bits per heavy atom. The zero-order chi connectivity index (χ0) is 13.7. The van der Waals surface area contributed by atoms with Crippen molar-refractivity contribution in [1.29, 1.82) is 0 Å². The minimum atomic E-state index is 0.835. The molecule has 4 heteroatoms. The number of H-pyrrole nitrogens is 1. The Bertz CT molecular complexity index is 585. The smallest absolute Gasteiger partial charge is 0.178 e. The lowest BCUT2D eigenvalue weighted by Crippen LogP contribution is -1.97. The second-order valence-electron chi connectivity index (χ2n) is 5.01. The van der Waals surface area contributed by atoms with Gasteiger partial charge in [-0.15, -0.1) is 0 Å². The third kappa shape index (κ3) is 3.93. The molecule has 0 bridgehead atoms. The molecule has 0 spiro atoms. The molecule has 0 aliphatic carbocycles. The summed E-state index contributed by atoms with van der Waals surface area (Å²) in [7, 11) is 0. The molecule has 1 aromatic carbocycles. The molecule has 2 rings (SSSR count). The van der Waals surface area contributed by atoms with Crippen molar-refractivity contribution >= 4 is 39.2 Å². The normalized spacial score (nSPS) is 11.3. The van der Waals surface area contributed by atoms with E-state index in [1.165, 1.54) is 44.0 Å². The lowest BCUT2D eigenvalue weighted by atomic mass is 10.1. The number of unbranched alkanes of at least 4 members (excludes halogenated alkanes) is 5. The minimum Gasteiger partial charge on any atom is -0.331 e. The molecule has 0 unspecified atom stereocenters. The molecule has 0 aliphatic rings. The van der Waals surface area contributed by atoms with Crippen LogP contribution in [0.4, 0.5) is 0 Å². The number of aromatic nitrogens is 2. The molecule has 0 fully saturated rings. The van der Waals surface area contributed by atoms with Gasteiger partial charge in [0, 0.05) is 11.0 Å². The van der Waals surface area contributed by atoms with Crippen LogP contribution in [0.2, 0.25) is 0 Å². The molecule has 0 saturated heterocycles. The predicted octanol–water partition coefficient (Wildman–Crippen LogP) is 5.82. The van der Waals surface area contributed by atoms with Crippen LogP contribution in [0.25, 0.3) is 11.0 Å². The molecular formula is C15H21BrN2S. The van der Waals surface area contributed by atoms with E-state index in [-0.39, 0.29) is 0 Å². The van der Waals surface area contributed by atoms with Gasteiger partial charge in [0.1, 0.15) is 0 Å². The van der Waals surface area contributed by atoms with Crippen molar-refractivity contribution < 1.29 is 0 Å². The number of hydrogen-bond donors (Lipinski definition) is 1. The lowest BCUT2D eigenvalue weighted by molar-refractivity contribution is 0.561. The summed E-state index contributed by atoms with van der Waals surface area (Å²) in [5.41, 5.74) is 2.33. The van der Waals surface area contributed by atoms with Crippen LogP contribution in [0, 0.1) is 4.77 Å². The highest BCUT2D eigenvalue weighted by molar-refractivity contribution is 9.10. The summed E-state index contributed by atoms with van der Waals surface area (Å²) in [6.07, 6.45) is 7.88. The Morgan fingerprint density at radius 2 is 1.89 bits per heavy atom. The highest BCUT2D eigenvalue weighted by Crippen LogP contribution is 2.20. The second kappa shape index (κ2) is 7.25. The maximum Gasteiger partial charge on any atom is 0.178 e. The van der Waals surface area contributed by atoms with E-state index in [2.05, 4.69) is 50.6 Å². The maximum atomic E-state index is 5.41. The molecule has 2 aromatic rings. The van der Waals surface area contributed by atoms with Gasteiger partial charge in [-0.05, 0) is 36.8 Å². The molecule has 0 aliphatic heterocycles. The average molecular weight is 341 g/mol. The van der Waals surface area contributed by atoms with Crippen LogP contribution in [0.15, 0.2) is 22.7 Å². The van der Waals surface area contributed by atoms with Crippen LogP contribution in [0.1, 0.15) is 45.4 Å². The first-order chi connectivity index (χ1) is 9.22. The molecule has 0 atom stereocenters. The van der Waals surface area contributed by atoms with Crippen molar-refractivity contribution in [3.8, 4) is 0 Å². The van der Waals surface area contributed by atoms with E-state index in [1.807, 2.05) is 0 Å². The monoisotopic (exact) mass is 340 g/mol. The van der Waals surface area contributed by atoms with Crippen molar-refractivity contribution in [2.45, 2.75) is 52.0 Å². The number of benzene rings is 1. The number of rotatable bonds is 7. The number of aryl methyl sites for hydroxylation is 1. The van der Waals surface area contributed by atoms with Crippen LogP contribution < -0.4 is 0 Å². The van der Waals surface area contributed by atoms with Crippen molar-refractivity contribution in [2.24, 2.45) is 0 Å². The fraction of sp³-hybridized carbons (Fsp3) is 0.533. The summed E-state index contributed by atoms with van der Waals surface area (Å²) in [4.78, 5) is 3.28. The third-order valence-electron chi connectivity index (χ3n) is 3.47. The van der Waals surface area contributed by atoms with Crippen LogP contribution in [-0.2, 0) is 6.54 Å². The fourth-order valence-corrected chi connectivity index (χ4v) is 3.07. The summed E-state index contributed by atoms with van der Waals surface area (Å²) in [6.45, 7) is 3.27. The topological polar surface area (TPSA) is 20.7 Å². The van der Waals surface area contributed by atoms with Gasteiger partial charge in [-0.1, -0.05) is 55.0 Å². The molecular weight excluding hydrogens is 320 g/mol. The molecule has 1 aromatic heterocycles. The molecule has 104 valence electrons. The fourth-order valence-electron chi connectivity index (χ4n) is 2.41. The first-order valence-electron chi connectivity index (χ1n) is 7.10. The van der Waals surface area contributed by atoms with Gasteiger partial charge in [0.2, 0.25) is 0 Å². The van der Waals surface area contributed by atoms with E-state index in [9.17, 15) is 0 Å². The van der Waals surface area contributed by atoms with Crippen molar-refractivity contribution in [1.82, 2.24) is 9.55 Å².